The van der Waals surface area contributed by atoms with Crippen LogP contribution < -0.4 is 19.7 Å². The molecule has 2 N–H and O–H groups in total. The molecule has 160 valence electrons. The van der Waals surface area contributed by atoms with E-state index >= 15 is 0 Å². The second-order valence-corrected chi connectivity index (χ2v) is 10.0. The number of piperazine rings is 1. The van der Waals surface area contributed by atoms with Crippen LogP contribution in [0.1, 0.15) is 32.6 Å². The Morgan fingerprint density at radius 2 is 1.79 bits per heavy atom. The third kappa shape index (κ3) is 4.36. The molecule has 3 aliphatic rings. The maximum atomic E-state index is 13.1. The second kappa shape index (κ2) is 8.49. The standard InChI is InChI=1S/C20H29N3O5S/c1-15(20(24)21-16-4-2-3-5-16)22-8-10-23(11-9-22)29(25,26)17-6-7-18-19(14-17)28-13-12-27-18/h6-7,14-16H,2-5,8-13H2,1H3,(H,21,24)/p+1/t15-/m1/s1. The number of hydrogen-bond donors (Lipinski definition) is 2. The molecule has 2 heterocycles. The first kappa shape index (κ1) is 20.4. The number of benzene rings is 1. The van der Waals surface area contributed by atoms with Gasteiger partial charge in [-0.25, -0.2) is 8.42 Å². The van der Waals surface area contributed by atoms with Crippen LogP contribution in [0.15, 0.2) is 23.1 Å². The highest BCUT2D eigenvalue weighted by Gasteiger charge is 2.35. The van der Waals surface area contributed by atoms with E-state index in [-0.39, 0.29) is 16.8 Å². The third-order valence-electron chi connectivity index (χ3n) is 6.22. The van der Waals surface area contributed by atoms with Gasteiger partial charge in [0.2, 0.25) is 10.0 Å². The summed E-state index contributed by atoms with van der Waals surface area (Å²) >= 11 is 0. The molecular formula is C20H30N3O5S+. The minimum Gasteiger partial charge on any atom is -0.486 e. The highest BCUT2D eigenvalue weighted by molar-refractivity contribution is 7.89. The zero-order valence-corrected chi connectivity index (χ0v) is 17.7. The van der Waals surface area contributed by atoms with Gasteiger partial charge in [0.15, 0.2) is 17.5 Å². The lowest BCUT2D eigenvalue weighted by Crippen LogP contribution is -3.19. The number of rotatable bonds is 5. The average Bonchev–Trinajstić information content (AvgIpc) is 3.26. The maximum Gasteiger partial charge on any atom is 0.278 e. The second-order valence-electron chi connectivity index (χ2n) is 8.08. The molecule has 1 atom stereocenters. The minimum atomic E-state index is -3.60. The first-order valence-corrected chi connectivity index (χ1v) is 11.9. The van der Waals surface area contributed by atoms with Crippen LogP contribution in [0.2, 0.25) is 0 Å². The quantitative estimate of drug-likeness (QED) is 0.683. The molecular weight excluding hydrogens is 394 g/mol. The lowest BCUT2D eigenvalue weighted by atomic mass is 10.2. The SMILES string of the molecule is C[C@H](C(=O)NC1CCCC1)[NH+]1CCN(S(=O)(=O)c2ccc3c(c2)OCCO3)CC1. The molecule has 29 heavy (non-hydrogen) atoms. The molecule has 0 bridgehead atoms. The van der Waals surface area contributed by atoms with E-state index < -0.39 is 10.0 Å². The molecule has 1 aromatic carbocycles. The summed E-state index contributed by atoms with van der Waals surface area (Å²) in [5.74, 6) is 1.13. The largest absolute Gasteiger partial charge is 0.486 e. The first-order chi connectivity index (χ1) is 13.9. The molecule has 8 nitrogen and oxygen atoms in total. The molecule has 9 heteroatoms. The normalized spacial score (nSPS) is 22.4. The zero-order valence-electron chi connectivity index (χ0n) is 16.9. The summed E-state index contributed by atoms with van der Waals surface area (Å²) in [5.41, 5.74) is 0. The monoisotopic (exact) mass is 424 g/mol. The van der Waals surface area contributed by atoms with Crippen molar-refractivity contribution in [1.82, 2.24) is 9.62 Å². The molecule has 4 rings (SSSR count). The number of sulfonamides is 1. The maximum absolute atomic E-state index is 13.1. The minimum absolute atomic E-state index is 0.0787. The molecule has 2 fully saturated rings. The van der Waals surface area contributed by atoms with Crippen molar-refractivity contribution in [2.24, 2.45) is 0 Å². The van der Waals surface area contributed by atoms with E-state index in [1.54, 1.807) is 18.2 Å². The van der Waals surface area contributed by atoms with Crippen molar-refractivity contribution in [3.63, 3.8) is 0 Å². The molecule has 1 saturated carbocycles. The van der Waals surface area contributed by atoms with Crippen LogP contribution in [-0.4, -0.2) is 70.1 Å². The molecule has 1 amide bonds. The Labute approximate surface area is 172 Å². The molecule has 0 unspecified atom stereocenters. The van der Waals surface area contributed by atoms with E-state index in [1.807, 2.05) is 6.92 Å². The van der Waals surface area contributed by atoms with Crippen LogP contribution in [0.5, 0.6) is 11.5 Å². The van der Waals surface area contributed by atoms with Crippen LogP contribution in [0.25, 0.3) is 0 Å². The van der Waals surface area contributed by atoms with Gasteiger partial charge in [-0.1, -0.05) is 12.8 Å². The van der Waals surface area contributed by atoms with Gasteiger partial charge in [-0.15, -0.1) is 0 Å². The summed E-state index contributed by atoms with van der Waals surface area (Å²) in [5, 5.41) is 3.15. The van der Waals surface area contributed by atoms with Gasteiger partial charge >= 0.3 is 0 Å². The molecule has 0 radical (unpaired) electrons. The van der Waals surface area contributed by atoms with Crippen molar-refractivity contribution in [2.75, 3.05) is 39.4 Å². The zero-order chi connectivity index (χ0) is 20.4. The molecule has 1 aromatic rings. The Bertz CT molecular complexity index is 846. The lowest BCUT2D eigenvalue weighted by Gasteiger charge is -2.34. The number of carbonyl (C=O) groups excluding carboxylic acids is 1. The average molecular weight is 425 g/mol. The summed E-state index contributed by atoms with van der Waals surface area (Å²) < 4.78 is 38.6. The van der Waals surface area contributed by atoms with Crippen LogP contribution in [-0.2, 0) is 14.8 Å². The number of quaternary nitrogens is 1. The number of fused-ring (bicyclic) bond motifs is 1. The number of amides is 1. The van der Waals surface area contributed by atoms with Crippen molar-refractivity contribution >= 4 is 15.9 Å². The van der Waals surface area contributed by atoms with Gasteiger partial charge in [-0.2, -0.15) is 4.31 Å². The van der Waals surface area contributed by atoms with E-state index in [0.717, 1.165) is 17.7 Å². The Kier molecular flexibility index (Phi) is 5.98. The summed E-state index contributed by atoms with van der Waals surface area (Å²) in [7, 11) is -3.60. The number of nitrogens with zero attached hydrogens (tertiary/aromatic N) is 1. The fourth-order valence-electron chi connectivity index (χ4n) is 4.36. The fraction of sp³-hybridized carbons (Fsp3) is 0.650. The number of nitrogens with one attached hydrogen (secondary N) is 2. The molecule has 0 spiro atoms. The van der Waals surface area contributed by atoms with Crippen molar-refractivity contribution in [3.8, 4) is 11.5 Å². The van der Waals surface area contributed by atoms with Crippen molar-refractivity contribution in [3.05, 3.63) is 18.2 Å². The first-order valence-electron chi connectivity index (χ1n) is 10.5. The van der Waals surface area contributed by atoms with Crippen LogP contribution in [0.4, 0.5) is 0 Å². The van der Waals surface area contributed by atoms with Crippen LogP contribution in [0.3, 0.4) is 0 Å². The van der Waals surface area contributed by atoms with Crippen molar-refractivity contribution < 1.29 is 27.6 Å². The highest BCUT2D eigenvalue weighted by atomic mass is 32.2. The summed E-state index contributed by atoms with van der Waals surface area (Å²) in [4.78, 5) is 13.9. The summed E-state index contributed by atoms with van der Waals surface area (Å²) in [6, 6.07) is 4.90. The Morgan fingerprint density at radius 1 is 1.14 bits per heavy atom. The number of carbonyl (C=O) groups is 1. The molecule has 1 saturated heterocycles. The van der Waals surface area contributed by atoms with Crippen LogP contribution >= 0.6 is 0 Å². The Balaban J connectivity index is 1.36. The molecule has 1 aliphatic carbocycles. The van der Waals surface area contributed by atoms with Gasteiger partial charge in [-0.05, 0) is 31.9 Å². The summed E-state index contributed by atoms with van der Waals surface area (Å²) in [6.07, 6.45) is 4.50. The third-order valence-corrected chi connectivity index (χ3v) is 8.12. The Hall–Kier alpha value is -1.84. The van der Waals surface area contributed by atoms with E-state index in [2.05, 4.69) is 5.32 Å². The summed E-state index contributed by atoms with van der Waals surface area (Å²) in [6.45, 7) is 4.84. The smallest absolute Gasteiger partial charge is 0.278 e. The van der Waals surface area contributed by atoms with Crippen LogP contribution in [0, 0.1) is 0 Å². The van der Waals surface area contributed by atoms with Gasteiger partial charge in [-0.3, -0.25) is 4.79 Å². The predicted octanol–water partition coefficient (Wildman–Crippen LogP) is -0.206. The fourth-order valence-corrected chi connectivity index (χ4v) is 5.82. The lowest BCUT2D eigenvalue weighted by molar-refractivity contribution is -0.917. The van der Waals surface area contributed by atoms with Gasteiger partial charge in [0, 0.05) is 12.1 Å². The van der Waals surface area contributed by atoms with Gasteiger partial charge in [0.25, 0.3) is 5.91 Å². The van der Waals surface area contributed by atoms with E-state index in [9.17, 15) is 13.2 Å². The van der Waals surface area contributed by atoms with Crippen molar-refractivity contribution in [2.45, 2.75) is 49.6 Å². The Morgan fingerprint density at radius 3 is 2.48 bits per heavy atom. The van der Waals surface area contributed by atoms with Gasteiger partial charge in [0.05, 0.1) is 31.1 Å². The van der Waals surface area contributed by atoms with Crippen molar-refractivity contribution in [1.29, 1.82) is 0 Å². The molecule has 0 aromatic heterocycles. The number of hydrogen-bond acceptors (Lipinski definition) is 5. The van der Waals surface area contributed by atoms with Gasteiger partial charge in [0.1, 0.15) is 13.2 Å². The van der Waals surface area contributed by atoms with E-state index in [0.29, 0.717) is 56.9 Å². The topological polar surface area (TPSA) is 89.4 Å². The highest BCUT2D eigenvalue weighted by Crippen LogP contribution is 2.33. The predicted molar refractivity (Wildman–Crippen MR) is 107 cm³/mol. The van der Waals surface area contributed by atoms with Gasteiger partial charge < -0.3 is 19.7 Å². The molecule has 2 aliphatic heterocycles. The van der Waals surface area contributed by atoms with E-state index in [1.165, 1.54) is 17.1 Å². The van der Waals surface area contributed by atoms with E-state index in [4.69, 9.17) is 9.47 Å². The number of ether oxygens (including phenoxy) is 2.